The lowest BCUT2D eigenvalue weighted by Gasteiger charge is -2.41. The number of carbonyl (C=O) groups is 2. The summed E-state index contributed by atoms with van der Waals surface area (Å²) in [4.78, 5) is 25.1. The summed E-state index contributed by atoms with van der Waals surface area (Å²) < 4.78 is 0. The van der Waals surface area contributed by atoms with Crippen molar-refractivity contribution in [2.24, 2.45) is 5.92 Å². The second kappa shape index (κ2) is 5.69. The Morgan fingerprint density at radius 1 is 1.28 bits per heavy atom. The first-order chi connectivity index (χ1) is 8.29. The molecule has 0 radical (unpaired) electrons. The molecule has 0 aromatic carbocycles. The predicted octanol–water partition coefficient (Wildman–Crippen LogP) is 1.09. The van der Waals surface area contributed by atoms with Crippen LogP contribution in [0.15, 0.2) is 0 Å². The van der Waals surface area contributed by atoms with Gasteiger partial charge in [-0.05, 0) is 53.6 Å². The summed E-state index contributed by atoms with van der Waals surface area (Å²) in [6.45, 7) is 3.87. The zero-order chi connectivity index (χ0) is 13.9. The minimum Gasteiger partial charge on any atom is -0.480 e. The fourth-order valence-electron chi connectivity index (χ4n) is 2.61. The van der Waals surface area contributed by atoms with Crippen molar-refractivity contribution < 1.29 is 14.7 Å². The number of likely N-dealkylation sites (N-methyl/N-ethyl adjacent to an activating group) is 1. The Labute approximate surface area is 109 Å². The van der Waals surface area contributed by atoms with Crippen molar-refractivity contribution in [1.82, 2.24) is 10.2 Å². The minimum absolute atomic E-state index is 0.0418. The molecular formula is C13H24N2O3. The zero-order valence-corrected chi connectivity index (χ0v) is 11.7. The molecule has 5 heteroatoms. The van der Waals surface area contributed by atoms with Crippen molar-refractivity contribution >= 4 is 11.9 Å². The van der Waals surface area contributed by atoms with Crippen LogP contribution in [0.2, 0.25) is 0 Å². The van der Waals surface area contributed by atoms with Crippen molar-refractivity contribution in [3.8, 4) is 0 Å². The van der Waals surface area contributed by atoms with Crippen LogP contribution in [0.25, 0.3) is 0 Å². The third-order valence-electron chi connectivity index (χ3n) is 3.87. The maximum absolute atomic E-state index is 11.9. The van der Waals surface area contributed by atoms with E-state index in [4.69, 9.17) is 0 Å². The molecule has 0 aromatic heterocycles. The number of carbonyl (C=O) groups excluding carboxylic acids is 1. The minimum atomic E-state index is -0.797. The van der Waals surface area contributed by atoms with Crippen LogP contribution in [0.1, 0.15) is 39.5 Å². The van der Waals surface area contributed by atoms with E-state index in [1.807, 2.05) is 13.8 Å². The molecule has 104 valence electrons. The van der Waals surface area contributed by atoms with Gasteiger partial charge in [0, 0.05) is 12.0 Å². The summed E-state index contributed by atoms with van der Waals surface area (Å²) in [5.74, 6) is -0.766. The van der Waals surface area contributed by atoms with Gasteiger partial charge in [-0.1, -0.05) is 0 Å². The molecule has 1 aliphatic rings. The van der Waals surface area contributed by atoms with Crippen LogP contribution in [0, 0.1) is 5.92 Å². The van der Waals surface area contributed by atoms with Crippen LogP contribution >= 0.6 is 0 Å². The Morgan fingerprint density at radius 3 is 2.11 bits per heavy atom. The van der Waals surface area contributed by atoms with Gasteiger partial charge in [-0.2, -0.15) is 0 Å². The molecule has 0 spiro atoms. The Bertz CT molecular complexity index is 318. The lowest BCUT2D eigenvalue weighted by molar-refractivity contribution is -0.154. The van der Waals surface area contributed by atoms with Crippen LogP contribution in [-0.4, -0.2) is 47.6 Å². The number of rotatable bonds is 4. The van der Waals surface area contributed by atoms with Crippen molar-refractivity contribution in [3.05, 3.63) is 0 Å². The highest BCUT2D eigenvalue weighted by Crippen LogP contribution is 2.35. The van der Waals surface area contributed by atoms with Gasteiger partial charge in [0.2, 0.25) is 5.91 Å². The molecule has 5 nitrogen and oxygen atoms in total. The number of amides is 1. The summed E-state index contributed by atoms with van der Waals surface area (Å²) in [5, 5.41) is 12.3. The van der Waals surface area contributed by atoms with E-state index in [1.165, 1.54) is 0 Å². The molecule has 0 aromatic rings. The third kappa shape index (κ3) is 3.02. The molecule has 2 N–H and O–H groups in total. The number of nitrogens with zero attached hydrogens (tertiary/aromatic N) is 1. The maximum Gasteiger partial charge on any atom is 0.324 e. The third-order valence-corrected chi connectivity index (χ3v) is 3.87. The highest BCUT2D eigenvalue weighted by Gasteiger charge is 2.45. The molecule has 0 aliphatic heterocycles. The predicted molar refractivity (Wildman–Crippen MR) is 69.3 cm³/mol. The average Bonchev–Trinajstić information content (AvgIpc) is 2.27. The lowest BCUT2D eigenvalue weighted by atomic mass is 9.75. The second-order valence-electron chi connectivity index (χ2n) is 5.67. The van der Waals surface area contributed by atoms with Gasteiger partial charge in [0.05, 0.1) is 0 Å². The smallest absolute Gasteiger partial charge is 0.324 e. The highest BCUT2D eigenvalue weighted by atomic mass is 16.4. The molecule has 0 atom stereocenters. The van der Waals surface area contributed by atoms with Crippen LogP contribution in [-0.2, 0) is 9.59 Å². The van der Waals surface area contributed by atoms with E-state index in [9.17, 15) is 14.7 Å². The lowest BCUT2D eigenvalue weighted by Crippen LogP contribution is -2.54. The number of hydrogen-bond donors (Lipinski definition) is 2. The highest BCUT2D eigenvalue weighted by molar-refractivity contribution is 5.81. The molecule has 1 aliphatic carbocycles. The van der Waals surface area contributed by atoms with E-state index in [-0.39, 0.29) is 17.9 Å². The Kier molecular flexibility index (Phi) is 4.73. The van der Waals surface area contributed by atoms with Gasteiger partial charge in [0.15, 0.2) is 0 Å². The molecule has 0 bridgehead atoms. The van der Waals surface area contributed by atoms with Gasteiger partial charge in [0.1, 0.15) is 5.54 Å². The van der Waals surface area contributed by atoms with Gasteiger partial charge in [-0.3, -0.25) is 14.5 Å². The summed E-state index contributed by atoms with van der Waals surface area (Å²) in [5.41, 5.74) is -0.797. The number of hydrogen-bond acceptors (Lipinski definition) is 3. The quantitative estimate of drug-likeness (QED) is 0.790. The number of aliphatic carboxylic acids is 1. The van der Waals surface area contributed by atoms with Crippen molar-refractivity contribution in [2.75, 3.05) is 14.1 Å². The van der Waals surface area contributed by atoms with Crippen LogP contribution in [0.5, 0.6) is 0 Å². The van der Waals surface area contributed by atoms with E-state index in [0.29, 0.717) is 25.7 Å². The maximum atomic E-state index is 11.9. The standard InChI is InChI=1S/C13H24N2O3/c1-9(2)14-11(16)10-5-7-13(8-6-10,12(17)18)15(3)4/h9-10H,5-8H2,1-4H3,(H,14,16)(H,17,18). The SMILES string of the molecule is CC(C)NC(=O)C1CCC(C(=O)O)(N(C)C)CC1. The van der Waals surface area contributed by atoms with Crippen molar-refractivity contribution in [3.63, 3.8) is 0 Å². The van der Waals surface area contributed by atoms with Gasteiger partial charge >= 0.3 is 5.97 Å². The molecule has 0 unspecified atom stereocenters. The van der Waals surface area contributed by atoms with Gasteiger partial charge in [0.25, 0.3) is 0 Å². The molecule has 1 fully saturated rings. The van der Waals surface area contributed by atoms with E-state index in [0.717, 1.165) is 0 Å². The Hall–Kier alpha value is -1.10. The fraction of sp³-hybridized carbons (Fsp3) is 0.846. The largest absolute Gasteiger partial charge is 0.480 e. The molecule has 1 saturated carbocycles. The number of carboxylic acid groups (broad SMARTS) is 1. The van der Waals surface area contributed by atoms with Gasteiger partial charge < -0.3 is 10.4 Å². The normalized spacial score (nSPS) is 28.4. The summed E-state index contributed by atoms with van der Waals surface area (Å²) in [7, 11) is 3.59. The zero-order valence-electron chi connectivity index (χ0n) is 11.7. The fourth-order valence-corrected chi connectivity index (χ4v) is 2.61. The monoisotopic (exact) mass is 256 g/mol. The first-order valence-corrected chi connectivity index (χ1v) is 6.51. The molecular weight excluding hydrogens is 232 g/mol. The number of carboxylic acids is 1. The molecule has 1 amide bonds. The van der Waals surface area contributed by atoms with E-state index >= 15 is 0 Å². The molecule has 0 saturated heterocycles. The first kappa shape index (κ1) is 15.0. The average molecular weight is 256 g/mol. The van der Waals surface area contributed by atoms with E-state index in [2.05, 4.69) is 5.32 Å². The van der Waals surface area contributed by atoms with Crippen LogP contribution < -0.4 is 5.32 Å². The van der Waals surface area contributed by atoms with Crippen LogP contribution in [0.4, 0.5) is 0 Å². The Balaban J connectivity index is 2.64. The molecule has 0 heterocycles. The van der Waals surface area contributed by atoms with E-state index in [1.54, 1.807) is 19.0 Å². The summed E-state index contributed by atoms with van der Waals surface area (Å²) in [6, 6.07) is 0.137. The summed E-state index contributed by atoms with van der Waals surface area (Å²) in [6.07, 6.45) is 2.35. The van der Waals surface area contributed by atoms with Crippen LogP contribution in [0.3, 0.4) is 0 Å². The topological polar surface area (TPSA) is 69.6 Å². The summed E-state index contributed by atoms with van der Waals surface area (Å²) >= 11 is 0. The first-order valence-electron chi connectivity index (χ1n) is 6.51. The second-order valence-corrected chi connectivity index (χ2v) is 5.67. The van der Waals surface area contributed by atoms with E-state index < -0.39 is 11.5 Å². The molecule has 1 rings (SSSR count). The van der Waals surface area contributed by atoms with Crippen molar-refractivity contribution in [1.29, 1.82) is 0 Å². The number of nitrogens with one attached hydrogen (secondary N) is 1. The van der Waals surface area contributed by atoms with Gasteiger partial charge in [-0.25, -0.2) is 0 Å². The molecule has 18 heavy (non-hydrogen) atoms. The van der Waals surface area contributed by atoms with Crippen molar-refractivity contribution in [2.45, 2.75) is 51.1 Å². The Morgan fingerprint density at radius 2 is 1.78 bits per heavy atom. The van der Waals surface area contributed by atoms with Gasteiger partial charge in [-0.15, -0.1) is 0 Å².